The van der Waals surface area contributed by atoms with E-state index in [1.54, 1.807) is 13.1 Å². The van der Waals surface area contributed by atoms with Crippen molar-refractivity contribution in [2.45, 2.75) is 52.4 Å². The summed E-state index contributed by atoms with van der Waals surface area (Å²) in [5, 5.41) is 0. The molecule has 1 radical (unpaired) electrons. The van der Waals surface area contributed by atoms with Gasteiger partial charge in [-0.2, -0.15) is 0 Å². The Labute approximate surface area is 104 Å². The molecular formula is C8H25O4Si4. The van der Waals surface area contributed by atoms with E-state index in [9.17, 15) is 4.80 Å². The van der Waals surface area contributed by atoms with Gasteiger partial charge in [-0.15, -0.1) is 0 Å². The molecule has 0 aliphatic rings. The summed E-state index contributed by atoms with van der Waals surface area (Å²) in [6.07, 6.45) is 0. The van der Waals surface area contributed by atoms with E-state index in [0.717, 1.165) is 0 Å². The van der Waals surface area contributed by atoms with Crippen LogP contribution in [0.15, 0.2) is 0 Å². The maximum atomic E-state index is 9.78. The van der Waals surface area contributed by atoms with E-state index >= 15 is 0 Å². The topological polar surface area (TPSA) is 47.9 Å². The molecule has 0 amide bonds. The van der Waals surface area contributed by atoms with Crippen LogP contribution in [0.4, 0.5) is 0 Å². The maximum absolute atomic E-state index is 9.78. The smallest absolute Gasteiger partial charge is 0.320 e. The fourth-order valence-corrected chi connectivity index (χ4v) is 16.3. The highest BCUT2D eigenvalue weighted by molar-refractivity contribution is 6.85. The summed E-state index contributed by atoms with van der Waals surface area (Å²) in [5.41, 5.74) is 0. The zero-order valence-electron chi connectivity index (χ0n) is 11.7. The Morgan fingerprint density at radius 3 is 1.56 bits per heavy atom. The molecular weight excluding hydrogens is 272 g/mol. The van der Waals surface area contributed by atoms with Gasteiger partial charge >= 0.3 is 25.7 Å². The first-order chi connectivity index (χ1) is 6.83. The molecule has 97 valence electrons. The number of rotatable bonds is 6. The summed E-state index contributed by atoms with van der Waals surface area (Å²) in [7, 11) is -7.66. The predicted octanol–water partition coefficient (Wildman–Crippen LogP) is 2.39. The standard InChI is InChI=1S/C8H25O4Si4/c1-13(2)10-15(5,6)12-16(7,8)11-14(3,4)9/h9H,1-8H3. The van der Waals surface area contributed by atoms with Crippen LogP contribution >= 0.6 is 0 Å². The zero-order valence-corrected chi connectivity index (χ0v) is 15.7. The molecule has 0 rings (SSSR count). The van der Waals surface area contributed by atoms with Crippen molar-refractivity contribution in [1.29, 1.82) is 0 Å². The van der Waals surface area contributed by atoms with Crippen molar-refractivity contribution < 1.29 is 17.1 Å². The summed E-state index contributed by atoms with van der Waals surface area (Å²) >= 11 is 0. The highest BCUT2D eigenvalue weighted by atomic mass is 28.5. The van der Waals surface area contributed by atoms with Crippen molar-refractivity contribution in [1.82, 2.24) is 0 Å². The third kappa shape index (κ3) is 8.81. The molecule has 0 heterocycles. The van der Waals surface area contributed by atoms with Crippen molar-refractivity contribution >= 4 is 34.7 Å². The van der Waals surface area contributed by atoms with Crippen LogP contribution in [0.25, 0.3) is 0 Å². The Morgan fingerprint density at radius 2 is 1.25 bits per heavy atom. The van der Waals surface area contributed by atoms with E-state index in [0.29, 0.717) is 0 Å². The van der Waals surface area contributed by atoms with E-state index in [1.807, 2.05) is 26.2 Å². The van der Waals surface area contributed by atoms with Crippen molar-refractivity contribution in [3.63, 3.8) is 0 Å². The molecule has 0 aliphatic heterocycles. The lowest BCUT2D eigenvalue weighted by atomic mass is 11.9. The second kappa shape index (κ2) is 5.57. The van der Waals surface area contributed by atoms with Gasteiger partial charge in [0, 0.05) is 0 Å². The quantitative estimate of drug-likeness (QED) is 0.765. The second-order valence-electron chi connectivity index (χ2n) is 5.46. The van der Waals surface area contributed by atoms with Gasteiger partial charge in [-0.25, -0.2) is 0 Å². The highest BCUT2D eigenvalue weighted by Crippen LogP contribution is 2.20. The fourth-order valence-electron chi connectivity index (χ4n) is 1.73. The van der Waals surface area contributed by atoms with Gasteiger partial charge in [-0.1, -0.05) is 0 Å². The van der Waals surface area contributed by atoms with Gasteiger partial charge in [0.05, 0.1) is 0 Å². The molecule has 0 atom stereocenters. The van der Waals surface area contributed by atoms with Crippen LogP contribution in [0.3, 0.4) is 0 Å². The Hall–Kier alpha value is 0.708. The van der Waals surface area contributed by atoms with Crippen LogP contribution in [0, 0.1) is 0 Å². The van der Waals surface area contributed by atoms with Gasteiger partial charge in [0.15, 0.2) is 9.04 Å². The van der Waals surface area contributed by atoms with Crippen molar-refractivity contribution in [2.24, 2.45) is 0 Å². The van der Waals surface area contributed by atoms with Gasteiger partial charge in [-0.05, 0) is 52.4 Å². The average Bonchev–Trinajstić information content (AvgIpc) is 1.69. The molecule has 0 bridgehead atoms. The van der Waals surface area contributed by atoms with Crippen LogP contribution in [0.5, 0.6) is 0 Å². The molecule has 0 saturated heterocycles. The van der Waals surface area contributed by atoms with Gasteiger partial charge < -0.3 is 17.1 Å². The summed E-state index contributed by atoms with van der Waals surface area (Å²) < 4.78 is 17.7. The Kier molecular flexibility index (Phi) is 5.81. The van der Waals surface area contributed by atoms with Crippen LogP contribution in [0.1, 0.15) is 0 Å². The zero-order chi connectivity index (χ0) is 13.2. The Morgan fingerprint density at radius 1 is 0.812 bits per heavy atom. The Balaban J connectivity index is 4.45. The molecule has 0 fully saturated rings. The Bertz CT molecular complexity index is 225. The first-order valence-electron chi connectivity index (χ1n) is 5.45. The molecule has 0 aromatic rings. The van der Waals surface area contributed by atoms with Crippen molar-refractivity contribution in [3.8, 4) is 0 Å². The highest BCUT2D eigenvalue weighted by Gasteiger charge is 2.40. The van der Waals surface area contributed by atoms with E-state index in [4.69, 9.17) is 12.3 Å². The average molecular weight is 298 g/mol. The molecule has 0 saturated carbocycles. The monoisotopic (exact) mass is 297 g/mol. The van der Waals surface area contributed by atoms with Gasteiger partial charge in [0.2, 0.25) is 0 Å². The molecule has 0 aromatic carbocycles. The van der Waals surface area contributed by atoms with Gasteiger partial charge in [0.25, 0.3) is 0 Å². The van der Waals surface area contributed by atoms with E-state index in [-0.39, 0.29) is 0 Å². The molecule has 4 nitrogen and oxygen atoms in total. The largest absolute Gasteiger partial charge is 0.437 e. The minimum absolute atomic E-state index is 0.754. The molecule has 0 spiro atoms. The summed E-state index contributed by atoms with van der Waals surface area (Å²) in [5.74, 6) is 0. The van der Waals surface area contributed by atoms with Crippen LogP contribution in [-0.4, -0.2) is 39.5 Å². The minimum atomic E-state index is -2.52. The summed E-state index contributed by atoms with van der Waals surface area (Å²) in [6, 6.07) is 0. The van der Waals surface area contributed by atoms with Gasteiger partial charge in [-0.3, -0.25) is 0 Å². The third-order valence-electron chi connectivity index (χ3n) is 1.44. The third-order valence-corrected chi connectivity index (χ3v) is 12.9. The normalized spacial score (nSPS) is 14.6. The van der Waals surface area contributed by atoms with Crippen molar-refractivity contribution in [2.75, 3.05) is 0 Å². The first kappa shape index (κ1) is 16.7. The molecule has 0 aliphatic carbocycles. The minimum Gasteiger partial charge on any atom is -0.437 e. The molecule has 16 heavy (non-hydrogen) atoms. The summed E-state index contributed by atoms with van der Waals surface area (Å²) in [4.78, 5) is 9.78. The maximum Gasteiger partial charge on any atom is 0.320 e. The lowest BCUT2D eigenvalue weighted by Crippen LogP contribution is -2.54. The molecule has 0 aromatic heterocycles. The van der Waals surface area contributed by atoms with E-state index in [2.05, 4.69) is 13.1 Å². The molecule has 1 N–H and O–H groups in total. The van der Waals surface area contributed by atoms with E-state index in [1.165, 1.54) is 0 Å². The van der Waals surface area contributed by atoms with Crippen LogP contribution < -0.4 is 0 Å². The number of hydrogen-bond acceptors (Lipinski definition) is 4. The molecule has 8 heteroatoms. The SMILES string of the molecule is C[Si](C)O[Si](C)(C)O[Si](C)(C)O[Si](C)(C)O. The predicted molar refractivity (Wildman–Crippen MR) is 75.4 cm³/mol. The lowest BCUT2D eigenvalue weighted by Gasteiger charge is -2.36. The van der Waals surface area contributed by atoms with Crippen LogP contribution in [-0.2, 0) is 12.3 Å². The van der Waals surface area contributed by atoms with Crippen molar-refractivity contribution in [3.05, 3.63) is 0 Å². The number of hydrogen-bond donors (Lipinski definition) is 1. The lowest BCUT2D eigenvalue weighted by molar-refractivity contribution is 0.299. The molecule has 0 unspecified atom stereocenters. The summed E-state index contributed by atoms with van der Waals surface area (Å²) in [6.45, 7) is 15.7. The van der Waals surface area contributed by atoms with E-state index < -0.39 is 34.7 Å². The second-order valence-corrected chi connectivity index (χ2v) is 18.2. The fraction of sp³-hybridized carbons (Fsp3) is 1.00. The first-order valence-corrected chi connectivity index (χ1v) is 16.3. The van der Waals surface area contributed by atoms with Gasteiger partial charge in [0.1, 0.15) is 0 Å². The van der Waals surface area contributed by atoms with Crippen LogP contribution in [0.2, 0.25) is 52.4 Å².